The number of rotatable bonds is 2. The molecule has 1 fully saturated rings. The van der Waals surface area contributed by atoms with Crippen LogP contribution in [0.15, 0.2) is 16.6 Å². The fraction of sp³-hybridized carbons (Fsp3) is 0.538. The molecule has 0 radical (unpaired) electrons. The highest BCUT2D eigenvalue weighted by Crippen LogP contribution is 2.31. The third-order valence-corrected chi connectivity index (χ3v) is 3.92. The maximum atomic E-state index is 13.6. The summed E-state index contributed by atoms with van der Waals surface area (Å²) in [7, 11) is 0. The van der Waals surface area contributed by atoms with Gasteiger partial charge in [-0.3, -0.25) is 0 Å². The lowest BCUT2D eigenvalue weighted by atomic mass is 9.87. The molecule has 0 aromatic heterocycles. The zero-order valence-electron chi connectivity index (χ0n) is 9.77. The minimum atomic E-state index is -0.558. The molecule has 2 unspecified atom stereocenters. The number of halogens is 3. The molecule has 2 rings (SSSR count). The van der Waals surface area contributed by atoms with E-state index in [-0.39, 0.29) is 6.04 Å². The zero-order valence-corrected chi connectivity index (χ0v) is 11.4. The quantitative estimate of drug-likeness (QED) is 0.834. The summed E-state index contributed by atoms with van der Waals surface area (Å²) < 4.78 is 27.0. The van der Waals surface area contributed by atoms with Gasteiger partial charge in [0.1, 0.15) is 11.6 Å². The predicted molar refractivity (Wildman–Crippen MR) is 69.1 cm³/mol. The van der Waals surface area contributed by atoms with Gasteiger partial charge in [0.25, 0.3) is 0 Å². The molecular weight excluding hydrogens is 288 g/mol. The highest BCUT2D eigenvalue weighted by molar-refractivity contribution is 9.10. The van der Waals surface area contributed by atoms with Crippen LogP contribution < -0.4 is 5.32 Å². The smallest absolute Gasteiger partial charge is 0.150 e. The number of nitrogens with one attached hydrogen (secondary N) is 1. The Balaban J connectivity index is 2.12. The van der Waals surface area contributed by atoms with E-state index in [1.54, 1.807) is 0 Å². The van der Waals surface area contributed by atoms with Gasteiger partial charge in [-0.25, -0.2) is 8.78 Å². The van der Waals surface area contributed by atoms with Crippen molar-refractivity contribution < 1.29 is 8.78 Å². The van der Waals surface area contributed by atoms with Crippen molar-refractivity contribution in [2.45, 2.75) is 38.6 Å². The van der Waals surface area contributed by atoms with Gasteiger partial charge in [-0.1, -0.05) is 19.8 Å². The SMILES string of the molecule is CC1CCCC(Nc2c(F)cc(F)cc2Br)C1. The van der Waals surface area contributed by atoms with Crippen molar-refractivity contribution in [3.63, 3.8) is 0 Å². The van der Waals surface area contributed by atoms with Gasteiger partial charge in [0.2, 0.25) is 0 Å². The Hall–Kier alpha value is -0.640. The predicted octanol–water partition coefficient (Wildman–Crippen LogP) is 4.72. The molecule has 94 valence electrons. The maximum Gasteiger partial charge on any atom is 0.150 e. The second-order valence-electron chi connectivity index (χ2n) is 4.86. The second-order valence-corrected chi connectivity index (χ2v) is 5.71. The molecule has 0 spiro atoms. The van der Waals surface area contributed by atoms with Gasteiger partial charge in [0, 0.05) is 16.6 Å². The normalized spacial score (nSPS) is 24.7. The van der Waals surface area contributed by atoms with Gasteiger partial charge < -0.3 is 5.32 Å². The lowest BCUT2D eigenvalue weighted by Gasteiger charge is -2.28. The average molecular weight is 304 g/mol. The maximum absolute atomic E-state index is 13.6. The Morgan fingerprint density at radius 1 is 1.29 bits per heavy atom. The van der Waals surface area contributed by atoms with Crippen molar-refractivity contribution in [2.75, 3.05) is 5.32 Å². The Morgan fingerprint density at radius 2 is 2.06 bits per heavy atom. The summed E-state index contributed by atoms with van der Waals surface area (Å²) in [6.45, 7) is 2.21. The topological polar surface area (TPSA) is 12.0 Å². The molecular formula is C13H16BrF2N. The van der Waals surface area contributed by atoms with Crippen LogP contribution in [0.1, 0.15) is 32.6 Å². The van der Waals surface area contributed by atoms with Gasteiger partial charge in [0.05, 0.1) is 5.69 Å². The van der Waals surface area contributed by atoms with Crippen molar-refractivity contribution in [3.8, 4) is 0 Å². The molecule has 1 nitrogen and oxygen atoms in total. The number of benzene rings is 1. The van der Waals surface area contributed by atoms with E-state index in [0.29, 0.717) is 16.1 Å². The molecule has 1 aliphatic rings. The Morgan fingerprint density at radius 3 is 2.71 bits per heavy atom. The van der Waals surface area contributed by atoms with Crippen LogP contribution >= 0.6 is 15.9 Å². The molecule has 0 saturated heterocycles. The average Bonchev–Trinajstić information content (AvgIpc) is 2.23. The molecule has 4 heteroatoms. The van der Waals surface area contributed by atoms with Crippen molar-refractivity contribution >= 4 is 21.6 Å². The van der Waals surface area contributed by atoms with E-state index >= 15 is 0 Å². The van der Waals surface area contributed by atoms with E-state index in [0.717, 1.165) is 18.9 Å². The number of hydrogen-bond acceptors (Lipinski definition) is 1. The summed E-state index contributed by atoms with van der Waals surface area (Å²) in [6.07, 6.45) is 4.50. The van der Waals surface area contributed by atoms with Gasteiger partial charge in [-0.05, 0) is 40.8 Å². The first-order valence-corrected chi connectivity index (χ1v) is 6.76. The molecule has 0 bridgehead atoms. The fourth-order valence-corrected chi connectivity index (χ4v) is 2.97. The summed E-state index contributed by atoms with van der Waals surface area (Å²) >= 11 is 3.20. The third-order valence-electron chi connectivity index (χ3n) is 3.29. The molecule has 0 heterocycles. The summed E-state index contributed by atoms with van der Waals surface area (Å²) in [4.78, 5) is 0. The summed E-state index contributed by atoms with van der Waals surface area (Å²) in [5, 5.41) is 3.19. The van der Waals surface area contributed by atoms with Crippen molar-refractivity contribution in [1.82, 2.24) is 0 Å². The molecule has 2 atom stereocenters. The number of anilines is 1. The van der Waals surface area contributed by atoms with Crippen LogP contribution in [0.2, 0.25) is 0 Å². The van der Waals surface area contributed by atoms with Crippen molar-refractivity contribution in [2.24, 2.45) is 5.92 Å². The van der Waals surface area contributed by atoms with Crippen LogP contribution in [0, 0.1) is 17.6 Å². The molecule has 17 heavy (non-hydrogen) atoms. The highest BCUT2D eigenvalue weighted by atomic mass is 79.9. The first-order valence-electron chi connectivity index (χ1n) is 5.97. The van der Waals surface area contributed by atoms with Gasteiger partial charge >= 0.3 is 0 Å². The second kappa shape index (κ2) is 5.34. The van der Waals surface area contributed by atoms with Gasteiger partial charge in [-0.15, -0.1) is 0 Å². The van der Waals surface area contributed by atoms with E-state index in [1.165, 1.54) is 18.9 Å². The Bertz CT molecular complexity index is 385. The van der Waals surface area contributed by atoms with Crippen LogP contribution in [0.3, 0.4) is 0 Å². The zero-order chi connectivity index (χ0) is 12.4. The molecule has 1 saturated carbocycles. The summed E-state index contributed by atoms with van der Waals surface area (Å²) in [5.74, 6) is -0.421. The first-order chi connectivity index (χ1) is 8.06. The fourth-order valence-electron chi connectivity index (χ4n) is 2.45. The van der Waals surface area contributed by atoms with Crippen LogP contribution in [0.25, 0.3) is 0 Å². The molecule has 1 N–H and O–H groups in total. The Kier molecular flexibility index (Phi) is 4.02. The number of hydrogen-bond donors (Lipinski definition) is 1. The molecule has 0 amide bonds. The highest BCUT2D eigenvalue weighted by Gasteiger charge is 2.20. The van der Waals surface area contributed by atoms with Crippen molar-refractivity contribution in [3.05, 3.63) is 28.2 Å². The lowest BCUT2D eigenvalue weighted by Crippen LogP contribution is -2.26. The minimum absolute atomic E-state index is 0.287. The van der Waals surface area contributed by atoms with Crippen LogP contribution in [-0.2, 0) is 0 Å². The largest absolute Gasteiger partial charge is 0.379 e. The molecule has 1 aromatic carbocycles. The van der Waals surface area contributed by atoms with Gasteiger partial charge in [0.15, 0.2) is 0 Å². The lowest BCUT2D eigenvalue weighted by molar-refractivity contribution is 0.358. The molecule has 1 aliphatic carbocycles. The Labute approximate surface area is 109 Å². The minimum Gasteiger partial charge on any atom is -0.379 e. The molecule has 0 aliphatic heterocycles. The molecule has 1 aromatic rings. The van der Waals surface area contributed by atoms with E-state index in [2.05, 4.69) is 28.2 Å². The van der Waals surface area contributed by atoms with E-state index in [1.807, 2.05) is 0 Å². The van der Waals surface area contributed by atoms with Gasteiger partial charge in [-0.2, -0.15) is 0 Å². The summed E-state index contributed by atoms with van der Waals surface area (Å²) in [5.41, 5.74) is 0.380. The van der Waals surface area contributed by atoms with Crippen LogP contribution in [0.4, 0.5) is 14.5 Å². The summed E-state index contributed by atoms with van der Waals surface area (Å²) in [6, 6.07) is 2.49. The third kappa shape index (κ3) is 3.18. The monoisotopic (exact) mass is 303 g/mol. The first kappa shape index (κ1) is 12.8. The van der Waals surface area contributed by atoms with Crippen LogP contribution in [-0.4, -0.2) is 6.04 Å². The van der Waals surface area contributed by atoms with Crippen LogP contribution in [0.5, 0.6) is 0 Å². The van der Waals surface area contributed by atoms with Crippen molar-refractivity contribution in [1.29, 1.82) is 0 Å². The van der Waals surface area contributed by atoms with E-state index < -0.39 is 11.6 Å². The van der Waals surface area contributed by atoms with E-state index in [9.17, 15) is 8.78 Å². The van der Waals surface area contributed by atoms with E-state index in [4.69, 9.17) is 0 Å². The standard InChI is InChI=1S/C13H16BrF2N/c1-8-3-2-4-10(5-8)17-13-11(14)6-9(15)7-12(13)16/h6-8,10,17H,2-5H2,1H3.